The molecule has 1 aromatic carbocycles. The van der Waals surface area contributed by atoms with Crippen LogP contribution in [-0.4, -0.2) is 34.8 Å². The van der Waals surface area contributed by atoms with Crippen LogP contribution in [0.25, 0.3) is 10.2 Å². The van der Waals surface area contributed by atoms with Crippen LogP contribution in [0.3, 0.4) is 0 Å². The molecule has 0 bridgehead atoms. The van der Waals surface area contributed by atoms with Gasteiger partial charge in [0.1, 0.15) is 0 Å². The average molecular weight is 357 g/mol. The van der Waals surface area contributed by atoms with E-state index in [1.54, 1.807) is 16.2 Å². The lowest BCUT2D eigenvalue weighted by Gasteiger charge is -2.37. The Morgan fingerprint density at radius 2 is 2.12 bits per heavy atom. The van der Waals surface area contributed by atoms with Gasteiger partial charge >= 0.3 is 0 Å². The van der Waals surface area contributed by atoms with E-state index in [0.717, 1.165) is 25.8 Å². The van der Waals surface area contributed by atoms with Gasteiger partial charge in [0.2, 0.25) is 5.91 Å². The van der Waals surface area contributed by atoms with Crippen LogP contribution in [0.4, 0.5) is 5.69 Å². The lowest BCUT2D eigenvalue weighted by Crippen LogP contribution is -2.54. The first-order chi connectivity index (χ1) is 11.6. The Morgan fingerprint density at radius 3 is 2.88 bits per heavy atom. The van der Waals surface area contributed by atoms with Crippen LogP contribution in [0.2, 0.25) is 0 Å². The van der Waals surface area contributed by atoms with Crippen molar-refractivity contribution in [1.82, 2.24) is 9.88 Å². The first-order valence-corrected chi connectivity index (χ1v) is 9.30. The summed E-state index contributed by atoms with van der Waals surface area (Å²) in [5, 5.41) is 5.82. The van der Waals surface area contributed by atoms with Gasteiger partial charge in [0.15, 0.2) is 0 Å². The molecular formula is C17H15N3O2S2. The van der Waals surface area contributed by atoms with E-state index < -0.39 is 0 Å². The minimum Gasteiger partial charge on any atom is -0.336 e. The van der Waals surface area contributed by atoms with Gasteiger partial charge in [-0.2, -0.15) is 0 Å². The summed E-state index contributed by atoms with van der Waals surface area (Å²) in [6, 6.07) is 9.43. The molecule has 24 heavy (non-hydrogen) atoms. The van der Waals surface area contributed by atoms with Crippen molar-refractivity contribution in [3.63, 3.8) is 0 Å². The summed E-state index contributed by atoms with van der Waals surface area (Å²) < 4.78 is 1.11. The van der Waals surface area contributed by atoms with Crippen LogP contribution < -0.4 is 5.32 Å². The summed E-state index contributed by atoms with van der Waals surface area (Å²) in [6.45, 7) is 2.91. The van der Waals surface area contributed by atoms with E-state index >= 15 is 0 Å². The molecule has 0 unspecified atom stereocenters. The number of thiazole rings is 1. The number of carbonyl (C=O) groups excluding carboxylic acids is 2. The summed E-state index contributed by atoms with van der Waals surface area (Å²) in [6.07, 6.45) is 0. The van der Waals surface area contributed by atoms with E-state index in [2.05, 4.69) is 10.3 Å². The van der Waals surface area contributed by atoms with Crippen LogP contribution in [0.15, 0.2) is 35.7 Å². The van der Waals surface area contributed by atoms with E-state index in [1.165, 1.54) is 11.3 Å². The zero-order chi connectivity index (χ0) is 16.7. The largest absolute Gasteiger partial charge is 0.336 e. The Labute approximate surface area is 146 Å². The molecule has 7 heteroatoms. The second-order valence-electron chi connectivity index (χ2n) is 5.79. The molecule has 4 rings (SSSR count). The van der Waals surface area contributed by atoms with Gasteiger partial charge in [0.25, 0.3) is 5.91 Å². The highest BCUT2D eigenvalue weighted by Crippen LogP contribution is 2.26. The molecular weight excluding hydrogens is 342 g/mol. The van der Waals surface area contributed by atoms with Crippen molar-refractivity contribution in [2.45, 2.75) is 6.92 Å². The number of carbonyl (C=O) groups is 2. The number of fused-ring (bicyclic) bond motifs is 1. The van der Waals surface area contributed by atoms with Gasteiger partial charge in [0.05, 0.1) is 26.0 Å². The maximum Gasteiger partial charge on any atom is 0.263 e. The number of amides is 2. The number of aryl methyl sites for hydroxylation is 1. The highest BCUT2D eigenvalue weighted by Gasteiger charge is 2.36. The average Bonchev–Trinajstić information content (AvgIpc) is 3.13. The highest BCUT2D eigenvalue weighted by atomic mass is 32.1. The van der Waals surface area contributed by atoms with E-state index in [1.807, 2.05) is 42.6 Å². The number of rotatable bonds is 3. The fraction of sp³-hybridized carbons (Fsp3) is 0.235. The molecule has 0 radical (unpaired) electrons. The molecule has 3 heterocycles. The topological polar surface area (TPSA) is 62.3 Å². The summed E-state index contributed by atoms with van der Waals surface area (Å²) in [7, 11) is 0. The van der Waals surface area contributed by atoms with Gasteiger partial charge < -0.3 is 10.2 Å². The van der Waals surface area contributed by atoms with Crippen molar-refractivity contribution < 1.29 is 9.59 Å². The van der Waals surface area contributed by atoms with Crippen molar-refractivity contribution in [1.29, 1.82) is 0 Å². The predicted octanol–water partition coefficient (Wildman–Crippen LogP) is 3.38. The Bertz CT molecular complexity index is 911. The van der Waals surface area contributed by atoms with Crippen LogP contribution in [0, 0.1) is 12.8 Å². The molecule has 0 saturated carbocycles. The van der Waals surface area contributed by atoms with Crippen LogP contribution in [0.1, 0.15) is 14.7 Å². The Kier molecular flexibility index (Phi) is 3.82. The monoisotopic (exact) mass is 357 g/mol. The fourth-order valence-corrected chi connectivity index (χ4v) is 4.23. The molecule has 1 N–H and O–H groups in total. The summed E-state index contributed by atoms with van der Waals surface area (Å²) in [4.78, 5) is 31.4. The van der Waals surface area contributed by atoms with E-state index in [-0.39, 0.29) is 17.7 Å². The molecule has 1 aliphatic heterocycles. The molecule has 1 saturated heterocycles. The minimum absolute atomic E-state index is 0.00779. The van der Waals surface area contributed by atoms with Crippen molar-refractivity contribution >= 4 is 50.4 Å². The van der Waals surface area contributed by atoms with E-state index in [0.29, 0.717) is 13.1 Å². The van der Waals surface area contributed by atoms with Crippen molar-refractivity contribution in [3.8, 4) is 0 Å². The minimum atomic E-state index is -0.151. The smallest absolute Gasteiger partial charge is 0.263 e. The number of nitrogens with one attached hydrogen (secondary N) is 1. The standard InChI is InChI=1S/C17H15N3O2S2/c1-10-18-13-7-12(4-5-14(13)24-10)19-16(21)11-8-20(9-11)17(22)15-3-2-6-23-15/h2-7,11H,8-9H2,1H3,(H,19,21). The second-order valence-corrected chi connectivity index (χ2v) is 7.97. The zero-order valence-corrected chi connectivity index (χ0v) is 14.6. The molecule has 1 fully saturated rings. The van der Waals surface area contributed by atoms with Gasteiger partial charge in [-0.3, -0.25) is 9.59 Å². The SMILES string of the molecule is Cc1nc2cc(NC(=O)C3CN(C(=O)c4cccs4)C3)ccc2s1. The normalized spacial score (nSPS) is 14.6. The molecule has 0 atom stereocenters. The fourth-order valence-electron chi connectivity index (χ4n) is 2.73. The molecule has 0 spiro atoms. The second kappa shape index (κ2) is 5.99. The highest BCUT2D eigenvalue weighted by molar-refractivity contribution is 7.18. The zero-order valence-electron chi connectivity index (χ0n) is 13.0. The number of benzene rings is 1. The predicted molar refractivity (Wildman–Crippen MR) is 96.7 cm³/mol. The Morgan fingerprint density at radius 1 is 1.29 bits per heavy atom. The Hall–Kier alpha value is -2.25. The number of nitrogens with zero attached hydrogens (tertiary/aromatic N) is 2. The molecule has 3 aromatic rings. The van der Waals surface area contributed by atoms with Crippen molar-refractivity contribution in [2.24, 2.45) is 5.92 Å². The Balaban J connectivity index is 1.37. The first kappa shape index (κ1) is 15.3. The lowest BCUT2D eigenvalue weighted by atomic mass is 9.98. The number of aromatic nitrogens is 1. The summed E-state index contributed by atoms with van der Waals surface area (Å²) in [5.74, 6) is -0.188. The molecule has 2 aromatic heterocycles. The van der Waals surface area contributed by atoms with Crippen molar-refractivity contribution in [2.75, 3.05) is 18.4 Å². The van der Waals surface area contributed by atoms with Gasteiger partial charge in [-0.05, 0) is 36.6 Å². The summed E-state index contributed by atoms with van der Waals surface area (Å²) >= 11 is 3.06. The quantitative estimate of drug-likeness (QED) is 0.782. The first-order valence-electron chi connectivity index (χ1n) is 7.61. The molecule has 5 nitrogen and oxygen atoms in total. The van der Waals surface area contributed by atoms with Gasteiger partial charge in [0, 0.05) is 18.8 Å². The molecule has 122 valence electrons. The molecule has 0 aliphatic carbocycles. The van der Waals surface area contributed by atoms with Gasteiger partial charge in [-0.1, -0.05) is 6.07 Å². The number of anilines is 1. The molecule has 2 amide bonds. The van der Waals surface area contributed by atoms with Gasteiger partial charge in [-0.25, -0.2) is 4.98 Å². The summed E-state index contributed by atoms with van der Waals surface area (Å²) in [5.41, 5.74) is 1.65. The van der Waals surface area contributed by atoms with E-state index in [4.69, 9.17) is 0 Å². The number of hydrogen-bond donors (Lipinski definition) is 1. The lowest BCUT2D eigenvalue weighted by molar-refractivity contribution is -0.123. The van der Waals surface area contributed by atoms with Crippen LogP contribution >= 0.6 is 22.7 Å². The van der Waals surface area contributed by atoms with Crippen molar-refractivity contribution in [3.05, 3.63) is 45.6 Å². The number of thiophene rings is 1. The van der Waals surface area contributed by atoms with E-state index in [9.17, 15) is 9.59 Å². The van der Waals surface area contributed by atoms with Gasteiger partial charge in [-0.15, -0.1) is 22.7 Å². The third-order valence-corrected chi connectivity index (χ3v) is 5.84. The number of likely N-dealkylation sites (tertiary alicyclic amines) is 1. The molecule has 1 aliphatic rings. The van der Waals surface area contributed by atoms with Crippen LogP contribution in [-0.2, 0) is 4.79 Å². The number of hydrogen-bond acceptors (Lipinski definition) is 5. The third kappa shape index (κ3) is 2.81. The maximum atomic E-state index is 12.3. The van der Waals surface area contributed by atoms with Crippen LogP contribution in [0.5, 0.6) is 0 Å². The maximum absolute atomic E-state index is 12.3. The third-order valence-electron chi connectivity index (χ3n) is 4.03.